The Bertz CT molecular complexity index is 344. The Morgan fingerprint density at radius 2 is 2.12 bits per heavy atom. The zero-order chi connectivity index (χ0) is 12.1. The Hall–Kier alpha value is -0.640. The minimum atomic E-state index is -0.355. The third-order valence-corrected chi connectivity index (χ3v) is 2.58. The first kappa shape index (κ1) is 13.4. The maximum absolute atomic E-state index is 13.3. The SMILES string of the molecule is CC(O)CC(C)NCc1cc(Cl)ccc1F. The van der Waals surface area contributed by atoms with Crippen molar-refractivity contribution in [2.24, 2.45) is 0 Å². The third-order valence-electron chi connectivity index (χ3n) is 2.34. The fourth-order valence-electron chi connectivity index (χ4n) is 1.56. The molecule has 0 radical (unpaired) electrons. The summed E-state index contributed by atoms with van der Waals surface area (Å²) in [6.45, 7) is 4.10. The van der Waals surface area contributed by atoms with Crippen molar-refractivity contribution < 1.29 is 9.50 Å². The lowest BCUT2D eigenvalue weighted by Gasteiger charge is -2.15. The highest BCUT2D eigenvalue weighted by Crippen LogP contribution is 2.14. The number of rotatable bonds is 5. The largest absolute Gasteiger partial charge is 0.393 e. The van der Waals surface area contributed by atoms with Crippen molar-refractivity contribution in [1.29, 1.82) is 0 Å². The lowest BCUT2D eigenvalue weighted by atomic mass is 10.1. The summed E-state index contributed by atoms with van der Waals surface area (Å²) in [6.07, 6.45) is 0.286. The number of halogens is 2. The van der Waals surface area contributed by atoms with Gasteiger partial charge < -0.3 is 10.4 Å². The highest BCUT2D eigenvalue weighted by molar-refractivity contribution is 6.30. The van der Waals surface area contributed by atoms with E-state index < -0.39 is 0 Å². The van der Waals surface area contributed by atoms with Crippen LogP contribution >= 0.6 is 11.6 Å². The van der Waals surface area contributed by atoms with Crippen LogP contribution in [0.1, 0.15) is 25.8 Å². The van der Waals surface area contributed by atoms with Crippen molar-refractivity contribution >= 4 is 11.6 Å². The molecule has 16 heavy (non-hydrogen) atoms. The van der Waals surface area contributed by atoms with Crippen LogP contribution in [0.5, 0.6) is 0 Å². The number of aliphatic hydroxyl groups is 1. The normalized spacial score (nSPS) is 14.8. The minimum Gasteiger partial charge on any atom is -0.393 e. The highest BCUT2D eigenvalue weighted by atomic mass is 35.5. The average Bonchev–Trinajstić information content (AvgIpc) is 2.18. The summed E-state index contributed by atoms with van der Waals surface area (Å²) in [5.41, 5.74) is 0.546. The van der Waals surface area contributed by atoms with Gasteiger partial charge in [-0.05, 0) is 38.5 Å². The van der Waals surface area contributed by atoms with Gasteiger partial charge in [-0.2, -0.15) is 0 Å². The molecule has 1 rings (SSSR count). The molecular formula is C12H17ClFNO. The molecule has 2 nitrogen and oxygen atoms in total. The molecule has 0 aromatic heterocycles. The second-order valence-corrected chi connectivity index (χ2v) is 4.54. The number of hydrogen-bond donors (Lipinski definition) is 2. The molecule has 0 bridgehead atoms. The first-order valence-corrected chi connectivity index (χ1v) is 5.72. The second kappa shape index (κ2) is 6.18. The molecule has 2 N–H and O–H groups in total. The fourth-order valence-corrected chi connectivity index (χ4v) is 1.75. The third kappa shape index (κ3) is 4.47. The fraction of sp³-hybridized carbons (Fsp3) is 0.500. The molecule has 0 aliphatic carbocycles. The molecule has 0 spiro atoms. The second-order valence-electron chi connectivity index (χ2n) is 4.10. The topological polar surface area (TPSA) is 32.3 Å². The molecule has 0 saturated carbocycles. The number of hydrogen-bond acceptors (Lipinski definition) is 2. The summed E-state index contributed by atoms with van der Waals surface area (Å²) >= 11 is 5.78. The molecule has 0 fully saturated rings. The molecule has 4 heteroatoms. The maximum atomic E-state index is 13.3. The van der Waals surface area contributed by atoms with Crippen LogP contribution in [0.2, 0.25) is 5.02 Å². The van der Waals surface area contributed by atoms with Crippen LogP contribution in [0.25, 0.3) is 0 Å². The Morgan fingerprint density at radius 1 is 1.44 bits per heavy atom. The van der Waals surface area contributed by atoms with Gasteiger partial charge >= 0.3 is 0 Å². The van der Waals surface area contributed by atoms with E-state index in [1.54, 1.807) is 13.0 Å². The Balaban J connectivity index is 2.51. The summed E-state index contributed by atoms with van der Waals surface area (Å²) in [5, 5.41) is 12.9. The van der Waals surface area contributed by atoms with Crippen LogP contribution in [-0.2, 0) is 6.54 Å². The van der Waals surface area contributed by atoms with E-state index in [9.17, 15) is 9.50 Å². The van der Waals surface area contributed by atoms with Crippen molar-refractivity contribution in [2.45, 2.75) is 39.0 Å². The Kier molecular flexibility index (Phi) is 5.19. The Labute approximate surface area is 100 Å². The van der Waals surface area contributed by atoms with E-state index in [-0.39, 0.29) is 18.0 Å². The lowest BCUT2D eigenvalue weighted by molar-refractivity contribution is 0.170. The van der Waals surface area contributed by atoms with Crippen LogP contribution in [0.15, 0.2) is 18.2 Å². The van der Waals surface area contributed by atoms with Crippen molar-refractivity contribution in [3.8, 4) is 0 Å². The van der Waals surface area contributed by atoms with E-state index in [4.69, 9.17) is 11.6 Å². The zero-order valence-corrected chi connectivity index (χ0v) is 10.3. The summed E-state index contributed by atoms with van der Waals surface area (Å²) < 4.78 is 13.3. The summed E-state index contributed by atoms with van der Waals surface area (Å²) in [6, 6.07) is 4.63. The van der Waals surface area contributed by atoms with Gasteiger partial charge in [0.05, 0.1) is 6.10 Å². The van der Waals surface area contributed by atoms with Crippen LogP contribution in [0.4, 0.5) is 4.39 Å². The average molecular weight is 246 g/mol. The quantitative estimate of drug-likeness (QED) is 0.836. The van der Waals surface area contributed by atoms with Gasteiger partial charge in [0.15, 0.2) is 0 Å². The van der Waals surface area contributed by atoms with Gasteiger partial charge in [0.2, 0.25) is 0 Å². The zero-order valence-electron chi connectivity index (χ0n) is 9.50. The molecule has 1 aromatic rings. The summed E-state index contributed by atoms with van der Waals surface area (Å²) in [7, 11) is 0. The first-order chi connectivity index (χ1) is 7.49. The van der Waals surface area contributed by atoms with Crippen molar-refractivity contribution in [3.63, 3.8) is 0 Å². The molecule has 90 valence electrons. The van der Waals surface area contributed by atoms with Gasteiger partial charge in [-0.15, -0.1) is 0 Å². The molecule has 0 aliphatic heterocycles. The summed E-state index contributed by atoms with van der Waals surface area (Å²) in [5.74, 6) is -0.263. The predicted molar refractivity (Wildman–Crippen MR) is 64.0 cm³/mol. The van der Waals surface area contributed by atoms with Gasteiger partial charge in [0, 0.05) is 23.2 Å². The van der Waals surface area contributed by atoms with E-state index >= 15 is 0 Å². The number of benzene rings is 1. The maximum Gasteiger partial charge on any atom is 0.127 e. The standard InChI is InChI=1S/C12H17ClFNO/c1-8(5-9(2)16)15-7-10-6-11(13)3-4-12(10)14/h3-4,6,8-9,15-16H,5,7H2,1-2H3. The van der Waals surface area contributed by atoms with Crippen LogP contribution < -0.4 is 5.32 Å². The number of nitrogens with one attached hydrogen (secondary N) is 1. The monoisotopic (exact) mass is 245 g/mol. The van der Waals surface area contributed by atoms with E-state index in [2.05, 4.69) is 5.32 Å². The van der Waals surface area contributed by atoms with E-state index in [1.165, 1.54) is 12.1 Å². The van der Waals surface area contributed by atoms with Gasteiger partial charge in [0.1, 0.15) is 5.82 Å². The first-order valence-electron chi connectivity index (χ1n) is 5.34. The highest BCUT2D eigenvalue weighted by Gasteiger charge is 2.07. The molecule has 0 aliphatic rings. The van der Waals surface area contributed by atoms with Crippen molar-refractivity contribution in [2.75, 3.05) is 0 Å². The summed E-state index contributed by atoms with van der Waals surface area (Å²) in [4.78, 5) is 0. The van der Waals surface area contributed by atoms with E-state index in [1.807, 2.05) is 6.92 Å². The van der Waals surface area contributed by atoms with Crippen molar-refractivity contribution in [1.82, 2.24) is 5.32 Å². The molecule has 2 unspecified atom stereocenters. The van der Waals surface area contributed by atoms with Gasteiger partial charge in [-0.25, -0.2) is 4.39 Å². The van der Waals surface area contributed by atoms with E-state index in [0.29, 0.717) is 23.6 Å². The predicted octanol–water partition coefficient (Wildman–Crippen LogP) is 2.73. The molecule has 0 amide bonds. The van der Waals surface area contributed by atoms with Gasteiger partial charge in [-0.1, -0.05) is 11.6 Å². The smallest absolute Gasteiger partial charge is 0.127 e. The van der Waals surface area contributed by atoms with Gasteiger partial charge in [-0.3, -0.25) is 0 Å². The van der Waals surface area contributed by atoms with Gasteiger partial charge in [0.25, 0.3) is 0 Å². The lowest BCUT2D eigenvalue weighted by Crippen LogP contribution is -2.29. The number of aliphatic hydroxyl groups excluding tert-OH is 1. The van der Waals surface area contributed by atoms with Crippen LogP contribution in [0, 0.1) is 5.82 Å². The van der Waals surface area contributed by atoms with Crippen molar-refractivity contribution in [3.05, 3.63) is 34.6 Å². The van der Waals surface area contributed by atoms with Crippen LogP contribution in [0.3, 0.4) is 0 Å². The minimum absolute atomic E-state index is 0.137. The molecule has 2 atom stereocenters. The molecule has 0 heterocycles. The Morgan fingerprint density at radius 3 is 2.75 bits per heavy atom. The molecule has 0 saturated heterocycles. The molecule has 1 aromatic carbocycles. The molecular weight excluding hydrogens is 229 g/mol. The van der Waals surface area contributed by atoms with Crippen LogP contribution in [-0.4, -0.2) is 17.3 Å². The van der Waals surface area contributed by atoms with E-state index in [0.717, 1.165) is 0 Å².